The maximum absolute atomic E-state index is 13.5. The van der Waals surface area contributed by atoms with Crippen LogP contribution in [0, 0.1) is 11.7 Å². The van der Waals surface area contributed by atoms with Gasteiger partial charge >= 0.3 is 6.03 Å². The van der Waals surface area contributed by atoms with E-state index in [1.54, 1.807) is 32.2 Å². The molecule has 3 atom stereocenters. The minimum absolute atomic E-state index is 0.00909. The summed E-state index contributed by atoms with van der Waals surface area (Å²) in [5.41, 5.74) is 1.09. The quantitative estimate of drug-likeness (QED) is 0.622. The monoisotopic (exact) mass is 505 g/mol. The molecule has 3 rings (SSSR count). The number of urea groups is 1. The van der Waals surface area contributed by atoms with Crippen LogP contribution in [0.2, 0.25) is 0 Å². The van der Waals surface area contributed by atoms with Gasteiger partial charge in [-0.1, -0.05) is 31.2 Å². The molecule has 2 aromatic carbocycles. The topological polar surface area (TPSA) is 99.2 Å². The molecule has 0 saturated carbocycles. The van der Waals surface area contributed by atoms with Gasteiger partial charge in [-0.25, -0.2) is 17.6 Å². The molecular weight excluding hydrogens is 473 g/mol. The fourth-order valence-corrected chi connectivity index (χ4v) is 5.72. The summed E-state index contributed by atoms with van der Waals surface area (Å²) in [6.45, 7) is 5.26. The molecule has 0 fully saturated rings. The van der Waals surface area contributed by atoms with E-state index < -0.39 is 34.0 Å². The molecule has 0 aromatic heterocycles. The number of nitrogens with one attached hydrogen (secondary N) is 1. The third kappa shape index (κ3) is 6.19. The van der Waals surface area contributed by atoms with Crippen LogP contribution >= 0.6 is 0 Å². The van der Waals surface area contributed by atoms with Gasteiger partial charge in [-0.15, -0.1) is 0 Å². The van der Waals surface area contributed by atoms with Gasteiger partial charge in [0.25, 0.3) is 0 Å². The highest BCUT2D eigenvalue weighted by Gasteiger charge is 2.38. The Morgan fingerprint density at radius 2 is 2.09 bits per heavy atom. The van der Waals surface area contributed by atoms with Crippen LogP contribution in [0.5, 0.6) is 5.75 Å². The number of nitrogens with zero attached hydrogens (tertiary/aromatic N) is 2. The fraction of sp³-hybridized carbons (Fsp3) is 0.400. The first-order valence-electron chi connectivity index (χ1n) is 11.4. The van der Waals surface area contributed by atoms with E-state index in [1.165, 1.54) is 33.5 Å². The Balaban J connectivity index is 1.93. The number of halogens is 1. The van der Waals surface area contributed by atoms with Gasteiger partial charge in [0.05, 0.1) is 13.2 Å². The molecule has 2 aromatic rings. The molecule has 190 valence electrons. The highest BCUT2D eigenvalue weighted by molar-refractivity contribution is 7.89. The van der Waals surface area contributed by atoms with E-state index in [0.717, 1.165) is 5.56 Å². The van der Waals surface area contributed by atoms with Crippen molar-refractivity contribution in [1.82, 2.24) is 9.21 Å². The number of rotatable bonds is 6. The number of fused-ring (bicyclic) bond motifs is 1. The summed E-state index contributed by atoms with van der Waals surface area (Å²) in [4.78, 5) is 14.2. The minimum atomic E-state index is -3.94. The van der Waals surface area contributed by atoms with E-state index in [-0.39, 0.29) is 36.3 Å². The molecule has 1 heterocycles. The van der Waals surface area contributed by atoms with Crippen molar-refractivity contribution in [1.29, 1.82) is 0 Å². The smallest absolute Gasteiger partial charge is 0.321 e. The second kappa shape index (κ2) is 11.2. The van der Waals surface area contributed by atoms with Gasteiger partial charge in [-0.2, -0.15) is 4.31 Å². The number of carbonyl (C=O) groups excluding carboxylic acids is 1. The van der Waals surface area contributed by atoms with Crippen molar-refractivity contribution in [3.63, 3.8) is 0 Å². The Hall–Kier alpha value is -2.95. The van der Waals surface area contributed by atoms with Crippen molar-refractivity contribution >= 4 is 27.8 Å². The van der Waals surface area contributed by atoms with Gasteiger partial charge in [-0.3, -0.25) is 0 Å². The lowest BCUT2D eigenvalue weighted by molar-refractivity contribution is 0.0830. The van der Waals surface area contributed by atoms with Crippen LogP contribution in [0.3, 0.4) is 0 Å². The van der Waals surface area contributed by atoms with Crippen LogP contribution in [0.15, 0.2) is 53.4 Å². The molecule has 35 heavy (non-hydrogen) atoms. The largest absolute Gasteiger partial charge is 0.487 e. The van der Waals surface area contributed by atoms with Crippen LogP contribution in [0.1, 0.15) is 26.3 Å². The summed E-state index contributed by atoms with van der Waals surface area (Å²) in [6, 6.07) is 9.36. The summed E-state index contributed by atoms with van der Waals surface area (Å²) in [5, 5.41) is 12.4. The summed E-state index contributed by atoms with van der Waals surface area (Å²) in [7, 11) is -2.35. The Labute approximate surface area is 206 Å². The molecule has 8 nitrogen and oxygen atoms in total. The number of carbonyl (C=O) groups is 1. The number of ether oxygens (including phenoxy) is 1. The first kappa shape index (κ1) is 26.7. The number of hydrogen-bond donors (Lipinski definition) is 2. The molecule has 0 saturated heterocycles. The number of anilines is 1. The summed E-state index contributed by atoms with van der Waals surface area (Å²) in [5.74, 6) is -0.594. The number of sulfonamides is 1. The number of hydrogen-bond acceptors (Lipinski definition) is 5. The molecule has 0 radical (unpaired) electrons. The predicted octanol–water partition coefficient (Wildman–Crippen LogP) is 3.79. The molecule has 1 aliphatic rings. The van der Waals surface area contributed by atoms with Crippen LogP contribution in [0.4, 0.5) is 14.9 Å². The number of aliphatic hydroxyl groups excluding tert-OH is 1. The predicted molar refractivity (Wildman–Crippen MR) is 133 cm³/mol. The van der Waals surface area contributed by atoms with Crippen molar-refractivity contribution in [2.45, 2.75) is 37.8 Å². The SMILES string of the molecule is C/C=C/c1ccc2c(c1)O[C@@H](CN(C)C(=O)Nc1cccc(F)c1)[C@@H](C)CN([C@@H](C)CO)S2(=O)=O. The molecule has 2 N–H and O–H groups in total. The zero-order valence-electron chi connectivity index (χ0n) is 20.3. The molecule has 10 heteroatoms. The van der Waals surface area contributed by atoms with Gasteiger partial charge in [0, 0.05) is 31.2 Å². The maximum Gasteiger partial charge on any atom is 0.321 e. The molecule has 0 bridgehead atoms. The van der Waals surface area contributed by atoms with E-state index >= 15 is 0 Å². The third-order valence-electron chi connectivity index (χ3n) is 5.93. The number of benzene rings is 2. The van der Waals surface area contributed by atoms with E-state index in [2.05, 4.69) is 5.32 Å². The minimum Gasteiger partial charge on any atom is -0.487 e. The first-order valence-corrected chi connectivity index (χ1v) is 12.8. The van der Waals surface area contributed by atoms with E-state index in [1.807, 2.05) is 26.0 Å². The normalized spacial score (nSPS) is 20.9. The van der Waals surface area contributed by atoms with Crippen LogP contribution < -0.4 is 10.1 Å². The summed E-state index contributed by atoms with van der Waals surface area (Å²) < 4.78 is 48.0. The van der Waals surface area contributed by atoms with E-state index in [9.17, 15) is 22.7 Å². The van der Waals surface area contributed by atoms with Crippen molar-refractivity contribution in [2.75, 3.05) is 32.1 Å². The molecule has 2 amide bonds. The van der Waals surface area contributed by atoms with Crippen LogP contribution in [-0.2, 0) is 10.0 Å². The lowest BCUT2D eigenvalue weighted by Crippen LogP contribution is -2.50. The number of likely N-dealkylation sites (N-methyl/N-ethyl adjacent to an activating group) is 1. The number of aliphatic hydroxyl groups is 1. The average Bonchev–Trinajstić information content (AvgIpc) is 2.81. The Kier molecular flexibility index (Phi) is 8.52. The first-order chi connectivity index (χ1) is 16.6. The molecule has 1 aliphatic heterocycles. The maximum atomic E-state index is 13.5. The number of amides is 2. The summed E-state index contributed by atoms with van der Waals surface area (Å²) in [6.07, 6.45) is 3.12. The van der Waals surface area contributed by atoms with Gasteiger partial charge in [-0.05, 0) is 49.7 Å². The molecule has 0 unspecified atom stereocenters. The van der Waals surface area contributed by atoms with E-state index in [4.69, 9.17) is 4.74 Å². The Bertz CT molecular complexity index is 1190. The van der Waals surface area contributed by atoms with E-state index in [0.29, 0.717) is 5.69 Å². The second-order valence-corrected chi connectivity index (χ2v) is 10.6. The standard InChI is InChI=1S/C25H32FN3O5S/c1-5-7-19-10-11-24-22(12-19)34-23(17(2)14-29(18(3)16-30)35(24,32)33)15-28(4)25(31)27-21-9-6-8-20(26)13-21/h5-13,17-18,23,30H,14-16H2,1-4H3,(H,27,31)/b7-5+/t17-,18-,23-/m0/s1. The van der Waals surface area contributed by atoms with Crippen LogP contribution in [-0.4, -0.2) is 67.7 Å². The summed E-state index contributed by atoms with van der Waals surface area (Å²) >= 11 is 0. The van der Waals surface area contributed by atoms with Crippen molar-refractivity contribution in [2.24, 2.45) is 5.92 Å². The molecule has 0 spiro atoms. The highest BCUT2D eigenvalue weighted by atomic mass is 32.2. The fourth-order valence-electron chi connectivity index (χ4n) is 3.89. The van der Waals surface area contributed by atoms with Gasteiger partial charge < -0.3 is 20.1 Å². The lowest BCUT2D eigenvalue weighted by atomic mass is 10.0. The van der Waals surface area contributed by atoms with Crippen LogP contribution in [0.25, 0.3) is 6.08 Å². The Morgan fingerprint density at radius 1 is 1.34 bits per heavy atom. The Morgan fingerprint density at radius 3 is 2.74 bits per heavy atom. The second-order valence-electron chi connectivity index (χ2n) is 8.77. The van der Waals surface area contributed by atoms with Gasteiger partial charge in [0.15, 0.2) is 0 Å². The van der Waals surface area contributed by atoms with Gasteiger partial charge in [0.1, 0.15) is 22.6 Å². The third-order valence-corrected chi connectivity index (χ3v) is 7.95. The lowest BCUT2D eigenvalue weighted by Gasteiger charge is -2.37. The average molecular weight is 506 g/mol. The molecule has 0 aliphatic carbocycles. The van der Waals surface area contributed by atoms with Crippen molar-refractivity contribution < 1.29 is 27.4 Å². The number of allylic oxidation sites excluding steroid dienone is 1. The molecular formula is C25H32FN3O5S. The van der Waals surface area contributed by atoms with Crippen molar-refractivity contribution in [3.05, 3.63) is 59.9 Å². The van der Waals surface area contributed by atoms with Crippen molar-refractivity contribution in [3.8, 4) is 5.75 Å². The highest BCUT2D eigenvalue weighted by Crippen LogP contribution is 2.34. The zero-order valence-corrected chi connectivity index (χ0v) is 21.1. The zero-order chi connectivity index (χ0) is 25.8. The van der Waals surface area contributed by atoms with Gasteiger partial charge in [0.2, 0.25) is 10.0 Å².